The monoisotopic (exact) mass is 421 g/mol. The summed E-state index contributed by atoms with van der Waals surface area (Å²) in [5.41, 5.74) is 6.16. The summed E-state index contributed by atoms with van der Waals surface area (Å²) in [5.74, 6) is -0.530. The van der Waals surface area contributed by atoms with Crippen LogP contribution in [0.1, 0.15) is 10.4 Å². The number of halogens is 3. The lowest BCUT2D eigenvalue weighted by molar-refractivity contribution is 0.0964. The van der Waals surface area contributed by atoms with Crippen molar-refractivity contribution < 1.29 is 4.79 Å². The number of rotatable bonds is 3. The van der Waals surface area contributed by atoms with Gasteiger partial charge in [-0.2, -0.15) is 5.10 Å². The fourth-order valence-electron chi connectivity index (χ4n) is 2.69. The highest BCUT2D eigenvalue weighted by Crippen LogP contribution is 2.33. The first-order valence-corrected chi connectivity index (χ1v) is 8.79. The Bertz CT molecular complexity index is 1240. The number of para-hydroxylation sites is 1. The molecule has 0 radical (unpaired) electrons. The zero-order valence-corrected chi connectivity index (χ0v) is 15.7. The average molecular weight is 423 g/mol. The molecule has 2 aromatic carbocycles. The third-order valence-electron chi connectivity index (χ3n) is 3.93. The highest BCUT2D eigenvalue weighted by atomic mass is 35.5. The van der Waals surface area contributed by atoms with Crippen LogP contribution in [0, 0.1) is 0 Å². The molecule has 0 saturated heterocycles. The van der Waals surface area contributed by atoms with Gasteiger partial charge in [-0.1, -0.05) is 46.9 Å². The van der Waals surface area contributed by atoms with Crippen molar-refractivity contribution in [1.29, 1.82) is 0 Å². The van der Waals surface area contributed by atoms with Gasteiger partial charge in [-0.15, -0.1) is 0 Å². The lowest BCUT2D eigenvalue weighted by atomic mass is 10.2. The first-order chi connectivity index (χ1) is 13.0. The number of carbonyl (C=O) groups is 1. The van der Waals surface area contributed by atoms with Gasteiger partial charge < -0.3 is 4.98 Å². The second kappa shape index (κ2) is 6.77. The maximum atomic E-state index is 12.6. The molecule has 0 fully saturated rings. The smallest absolute Gasteiger partial charge is 0.275 e. The van der Waals surface area contributed by atoms with Crippen LogP contribution in [0.2, 0.25) is 15.1 Å². The Hall–Kier alpha value is -2.74. The predicted octanol–water partition coefficient (Wildman–Crippen LogP) is 3.89. The van der Waals surface area contributed by atoms with Gasteiger partial charge in [0.1, 0.15) is 11.2 Å². The minimum atomic E-state index is -0.530. The average Bonchev–Trinajstić information content (AvgIpc) is 3.05. The van der Waals surface area contributed by atoms with Crippen molar-refractivity contribution in [2.24, 2.45) is 0 Å². The predicted molar refractivity (Wildman–Crippen MR) is 106 cm³/mol. The van der Waals surface area contributed by atoms with Gasteiger partial charge in [0.05, 0.1) is 32.8 Å². The van der Waals surface area contributed by atoms with E-state index in [0.29, 0.717) is 21.6 Å². The number of nitrogens with one attached hydrogen (secondary N) is 3. The molecule has 0 aliphatic rings. The molecule has 10 heteroatoms. The van der Waals surface area contributed by atoms with E-state index < -0.39 is 5.91 Å². The molecule has 7 nitrogen and oxygen atoms in total. The van der Waals surface area contributed by atoms with Crippen molar-refractivity contribution in [2.45, 2.75) is 0 Å². The molecule has 4 aromatic rings. The van der Waals surface area contributed by atoms with Crippen LogP contribution in [0.3, 0.4) is 0 Å². The first kappa shape index (κ1) is 17.7. The fraction of sp³-hybridized carbons (Fsp3) is 0. The van der Waals surface area contributed by atoms with Crippen molar-refractivity contribution >= 4 is 62.9 Å². The summed E-state index contributed by atoms with van der Waals surface area (Å²) < 4.78 is 1.49. The molecule has 4 rings (SSSR count). The molecule has 0 bridgehead atoms. The van der Waals surface area contributed by atoms with Crippen LogP contribution in [0.25, 0.3) is 16.6 Å². The minimum absolute atomic E-state index is 0.173. The molecule has 0 unspecified atom stereocenters. The van der Waals surface area contributed by atoms with Crippen molar-refractivity contribution in [3.63, 3.8) is 0 Å². The Balaban J connectivity index is 1.69. The quantitative estimate of drug-likeness (QED) is 0.437. The summed E-state index contributed by atoms with van der Waals surface area (Å²) in [4.78, 5) is 27.5. The van der Waals surface area contributed by atoms with Crippen molar-refractivity contribution in [1.82, 2.24) is 20.0 Å². The lowest BCUT2D eigenvalue weighted by Gasteiger charge is -2.11. The van der Waals surface area contributed by atoms with Gasteiger partial charge >= 0.3 is 0 Å². The number of hydrogen-bond acceptors (Lipinski definition) is 4. The van der Waals surface area contributed by atoms with Crippen molar-refractivity contribution in [3.05, 3.63) is 73.6 Å². The second-order valence-electron chi connectivity index (χ2n) is 5.61. The number of hydrogen-bond donors (Lipinski definition) is 3. The van der Waals surface area contributed by atoms with E-state index in [2.05, 4.69) is 20.9 Å². The number of nitrogens with zero attached hydrogens (tertiary/aromatic N) is 2. The highest BCUT2D eigenvalue weighted by molar-refractivity contribution is 6.41. The number of benzene rings is 2. The zero-order chi connectivity index (χ0) is 19.1. The standard InChI is InChI=1S/C17H10Cl3N5O2/c18-8-5-11(19)14(12(20)6-8)23-24-17(27)10-7-21-25-13-4-2-1-3-9(13)16(26)22-15(10)25/h1-7,23H,(H,22,26)(H,24,27). The fourth-order valence-corrected chi connectivity index (χ4v) is 3.60. The van der Waals surface area contributed by atoms with E-state index in [1.165, 1.54) is 22.8 Å². The van der Waals surface area contributed by atoms with Gasteiger partial charge in [0.2, 0.25) is 0 Å². The Labute approximate surface area is 166 Å². The molecule has 2 heterocycles. The number of H-pyrrole nitrogens is 1. The van der Waals surface area contributed by atoms with Gasteiger partial charge in [-0.05, 0) is 24.3 Å². The molecular weight excluding hydrogens is 413 g/mol. The molecule has 0 atom stereocenters. The number of aromatic amines is 1. The SMILES string of the molecule is O=C(NNc1c(Cl)cc(Cl)cc1Cl)c1cnn2c1[nH]c(=O)c1ccccc12. The van der Waals surface area contributed by atoms with Crippen molar-refractivity contribution in [2.75, 3.05) is 5.43 Å². The van der Waals surface area contributed by atoms with Crippen LogP contribution >= 0.6 is 34.8 Å². The molecular formula is C17H10Cl3N5O2. The molecule has 2 aromatic heterocycles. The van der Waals surface area contributed by atoms with E-state index >= 15 is 0 Å². The van der Waals surface area contributed by atoms with Gasteiger partial charge in [0, 0.05) is 5.02 Å². The Kier molecular flexibility index (Phi) is 4.43. The van der Waals surface area contributed by atoms with Crippen LogP contribution in [-0.2, 0) is 0 Å². The van der Waals surface area contributed by atoms with E-state index in [0.717, 1.165) is 0 Å². The van der Waals surface area contributed by atoms with Crippen LogP contribution in [-0.4, -0.2) is 20.5 Å². The maximum Gasteiger partial charge on any atom is 0.275 e. The Morgan fingerprint density at radius 2 is 1.81 bits per heavy atom. The van der Waals surface area contributed by atoms with Gasteiger partial charge in [-0.3, -0.25) is 20.4 Å². The third kappa shape index (κ3) is 3.10. The van der Waals surface area contributed by atoms with Gasteiger partial charge in [0.15, 0.2) is 0 Å². The minimum Gasteiger partial charge on any atom is -0.306 e. The third-order valence-corrected chi connectivity index (χ3v) is 4.74. The number of aromatic nitrogens is 3. The van der Waals surface area contributed by atoms with Gasteiger partial charge in [-0.25, -0.2) is 4.52 Å². The number of anilines is 1. The molecule has 3 N–H and O–H groups in total. The Morgan fingerprint density at radius 1 is 1.11 bits per heavy atom. The lowest BCUT2D eigenvalue weighted by Crippen LogP contribution is -2.30. The van der Waals surface area contributed by atoms with Crippen LogP contribution < -0.4 is 16.4 Å². The number of fused-ring (bicyclic) bond motifs is 3. The van der Waals surface area contributed by atoms with Crippen LogP contribution in [0.4, 0.5) is 5.69 Å². The maximum absolute atomic E-state index is 12.6. The zero-order valence-electron chi connectivity index (χ0n) is 13.4. The molecule has 0 aliphatic carbocycles. The first-order valence-electron chi connectivity index (χ1n) is 7.65. The van der Waals surface area contributed by atoms with E-state index in [4.69, 9.17) is 34.8 Å². The Morgan fingerprint density at radius 3 is 2.56 bits per heavy atom. The topological polar surface area (TPSA) is 91.3 Å². The number of amides is 1. The number of hydrazine groups is 1. The van der Waals surface area contributed by atoms with E-state index in [1.54, 1.807) is 24.3 Å². The molecule has 0 aliphatic heterocycles. The largest absolute Gasteiger partial charge is 0.306 e. The second-order valence-corrected chi connectivity index (χ2v) is 6.86. The summed E-state index contributed by atoms with van der Waals surface area (Å²) >= 11 is 18.0. The summed E-state index contributed by atoms with van der Waals surface area (Å²) in [6.07, 6.45) is 1.36. The molecule has 1 amide bonds. The van der Waals surface area contributed by atoms with Gasteiger partial charge in [0.25, 0.3) is 11.5 Å². The summed E-state index contributed by atoms with van der Waals surface area (Å²) in [6, 6.07) is 9.95. The summed E-state index contributed by atoms with van der Waals surface area (Å²) in [6.45, 7) is 0. The van der Waals surface area contributed by atoms with Crippen molar-refractivity contribution in [3.8, 4) is 0 Å². The van der Waals surface area contributed by atoms with E-state index in [1.807, 2.05) is 0 Å². The van der Waals surface area contributed by atoms with E-state index in [-0.39, 0.29) is 26.8 Å². The normalized spacial score (nSPS) is 11.1. The molecule has 0 spiro atoms. The molecule has 0 saturated carbocycles. The highest BCUT2D eigenvalue weighted by Gasteiger charge is 2.17. The van der Waals surface area contributed by atoms with Crippen LogP contribution in [0.5, 0.6) is 0 Å². The van der Waals surface area contributed by atoms with Crippen LogP contribution in [0.15, 0.2) is 47.4 Å². The number of carbonyl (C=O) groups excluding carboxylic acids is 1. The summed E-state index contributed by atoms with van der Waals surface area (Å²) in [5, 5.41) is 5.52. The summed E-state index contributed by atoms with van der Waals surface area (Å²) in [7, 11) is 0. The molecule has 136 valence electrons. The van der Waals surface area contributed by atoms with E-state index in [9.17, 15) is 9.59 Å². The molecule has 27 heavy (non-hydrogen) atoms.